The first-order valence-corrected chi connectivity index (χ1v) is 6.37. The van der Waals surface area contributed by atoms with Gasteiger partial charge in [-0.2, -0.15) is 0 Å². The smallest absolute Gasteiger partial charge is 0.326 e. The van der Waals surface area contributed by atoms with Crippen LogP contribution in [0.3, 0.4) is 0 Å². The third-order valence-corrected chi connectivity index (χ3v) is 3.26. The summed E-state index contributed by atoms with van der Waals surface area (Å²) in [6, 6.07) is 9.24. The lowest BCUT2D eigenvalue weighted by Crippen LogP contribution is -2.23. The first-order chi connectivity index (χ1) is 10.1. The van der Waals surface area contributed by atoms with Crippen molar-refractivity contribution in [3.63, 3.8) is 0 Å². The topological polar surface area (TPSA) is 87.8 Å². The van der Waals surface area contributed by atoms with E-state index in [-0.39, 0.29) is 5.52 Å². The number of fused-ring (bicyclic) bond motifs is 1. The maximum Gasteiger partial charge on any atom is 0.326 e. The number of hydrogen-bond donors (Lipinski definition) is 2. The molecule has 6 nitrogen and oxygen atoms in total. The Balaban J connectivity index is 2.30. The van der Waals surface area contributed by atoms with Crippen LogP contribution in [0.5, 0.6) is 5.75 Å². The van der Waals surface area contributed by atoms with Crippen LogP contribution in [-0.2, 0) is 0 Å². The van der Waals surface area contributed by atoms with Crippen LogP contribution in [0.2, 0.25) is 0 Å². The minimum absolute atomic E-state index is 0.215. The number of methoxy groups -OCH3 is 1. The molecule has 0 saturated heterocycles. The van der Waals surface area contributed by atoms with Gasteiger partial charge in [0.1, 0.15) is 5.75 Å². The molecule has 6 heteroatoms. The largest absolute Gasteiger partial charge is 0.497 e. The standard InChI is InChI=1S/C15H13N3O3/c1-8-6-11(9-4-3-5-10(7-9)21-2)16-13-12(8)17-15(20)18-14(13)19/h3-7H,1-2H3,(H2,17,18,19,20). The number of nitrogens with one attached hydrogen (secondary N) is 2. The summed E-state index contributed by atoms with van der Waals surface area (Å²) in [6.07, 6.45) is 0. The highest BCUT2D eigenvalue weighted by Crippen LogP contribution is 2.24. The number of pyridine rings is 1. The van der Waals surface area contributed by atoms with Crippen molar-refractivity contribution in [1.82, 2.24) is 15.0 Å². The zero-order valence-electron chi connectivity index (χ0n) is 11.6. The molecular formula is C15H13N3O3. The van der Waals surface area contributed by atoms with Gasteiger partial charge < -0.3 is 9.72 Å². The van der Waals surface area contributed by atoms with Gasteiger partial charge in [-0.1, -0.05) is 12.1 Å². The molecule has 2 aromatic heterocycles. The van der Waals surface area contributed by atoms with Crippen molar-refractivity contribution in [2.24, 2.45) is 0 Å². The van der Waals surface area contributed by atoms with Gasteiger partial charge in [-0.3, -0.25) is 9.78 Å². The van der Waals surface area contributed by atoms with Gasteiger partial charge in [0.15, 0.2) is 5.52 Å². The number of rotatable bonds is 2. The van der Waals surface area contributed by atoms with Gasteiger partial charge in [0.2, 0.25) is 0 Å². The van der Waals surface area contributed by atoms with Crippen LogP contribution in [-0.4, -0.2) is 22.1 Å². The maximum atomic E-state index is 11.9. The Hall–Kier alpha value is -2.89. The molecule has 0 atom stereocenters. The Morgan fingerprint density at radius 2 is 1.95 bits per heavy atom. The van der Waals surface area contributed by atoms with Crippen LogP contribution in [0.25, 0.3) is 22.3 Å². The molecule has 0 amide bonds. The summed E-state index contributed by atoms with van der Waals surface area (Å²) in [5.41, 5.74) is 1.90. The van der Waals surface area contributed by atoms with Gasteiger partial charge in [0.05, 0.1) is 18.3 Å². The molecule has 3 aromatic rings. The van der Waals surface area contributed by atoms with Crippen molar-refractivity contribution in [2.45, 2.75) is 6.92 Å². The Labute approximate surface area is 119 Å². The molecule has 2 N–H and O–H groups in total. The Morgan fingerprint density at radius 1 is 1.14 bits per heavy atom. The van der Waals surface area contributed by atoms with E-state index >= 15 is 0 Å². The SMILES string of the molecule is COc1cccc(-c2cc(C)c3[nH]c(=O)[nH]c(=O)c3n2)c1. The van der Waals surface area contributed by atoms with E-state index in [1.54, 1.807) is 7.11 Å². The summed E-state index contributed by atoms with van der Waals surface area (Å²) in [7, 11) is 1.59. The fraction of sp³-hybridized carbons (Fsp3) is 0.133. The second kappa shape index (κ2) is 4.90. The van der Waals surface area contributed by atoms with Crippen LogP contribution in [0, 0.1) is 6.92 Å². The number of nitrogens with zero attached hydrogens (tertiary/aromatic N) is 1. The normalized spacial score (nSPS) is 10.8. The number of benzene rings is 1. The predicted octanol–water partition coefficient (Wildman–Crippen LogP) is 1.60. The van der Waals surface area contributed by atoms with Crippen molar-refractivity contribution >= 4 is 11.0 Å². The number of aromatic nitrogens is 3. The summed E-state index contributed by atoms with van der Waals surface area (Å²) >= 11 is 0. The van der Waals surface area contributed by atoms with Crippen molar-refractivity contribution < 1.29 is 4.74 Å². The highest BCUT2D eigenvalue weighted by molar-refractivity contribution is 5.80. The molecule has 2 heterocycles. The van der Waals surface area contributed by atoms with Gasteiger partial charge >= 0.3 is 5.69 Å². The zero-order chi connectivity index (χ0) is 15.0. The molecule has 0 aliphatic carbocycles. The number of aryl methyl sites for hydroxylation is 1. The molecule has 0 aliphatic rings. The molecule has 0 bridgehead atoms. The second-order valence-corrected chi connectivity index (χ2v) is 4.69. The van der Waals surface area contributed by atoms with Crippen molar-refractivity contribution in [3.8, 4) is 17.0 Å². The number of ether oxygens (including phenoxy) is 1. The molecular weight excluding hydrogens is 270 g/mol. The fourth-order valence-electron chi connectivity index (χ4n) is 2.23. The number of H-pyrrole nitrogens is 2. The Kier molecular flexibility index (Phi) is 3.06. The molecule has 0 radical (unpaired) electrons. The molecule has 0 aliphatic heterocycles. The van der Waals surface area contributed by atoms with Crippen molar-refractivity contribution in [3.05, 3.63) is 56.7 Å². The predicted molar refractivity (Wildman–Crippen MR) is 79.7 cm³/mol. The van der Waals surface area contributed by atoms with Gasteiger partial charge in [0.25, 0.3) is 5.56 Å². The van der Waals surface area contributed by atoms with E-state index in [0.29, 0.717) is 17.0 Å². The molecule has 0 unspecified atom stereocenters. The summed E-state index contributed by atoms with van der Waals surface area (Å²) in [5.74, 6) is 0.711. The minimum atomic E-state index is -0.536. The van der Waals surface area contributed by atoms with Gasteiger partial charge in [-0.15, -0.1) is 0 Å². The van der Waals surface area contributed by atoms with Gasteiger partial charge in [-0.05, 0) is 30.7 Å². The number of hydrogen-bond acceptors (Lipinski definition) is 4. The lowest BCUT2D eigenvalue weighted by molar-refractivity contribution is 0.415. The summed E-state index contributed by atoms with van der Waals surface area (Å²) < 4.78 is 5.19. The molecule has 1 aromatic carbocycles. The van der Waals surface area contributed by atoms with Crippen molar-refractivity contribution in [2.75, 3.05) is 7.11 Å². The summed E-state index contributed by atoms with van der Waals surface area (Å²) in [6.45, 7) is 1.82. The first-order valence-electron chi connectivity index (χ1n) is 6.37. The third-order valence-electron chi connectivity index (χ3n) is 3.26. The van der Waals surface area contributed by atoms with E-state index in [9.17, 15) is 9.59 Å². The van der Waals surface area contributed by atoms with Crippen LogP contribution in [0.4, 0.5) is 0 Å². The molecule has 0 spiro atoms. The summed E-state index contributed by atoms with van der Waals surface area (Å²) in [4.78, 5) is 32.4. The Bertz CT molecular complexity index is 941. The highest BCUT2D eigenvalue weighted by atomic mass is 16.5. The minimum Gasteiger partial charge on any atom is -0.497 e. The highest BCUT2D eigenvalue weighted by Gasteiger charge is 2.09. The molecule has 21 heavy (non-hydrogen) atoms. The molecule has 106 valence electrons. The van der Waals surface area contributed by atoms with E-state index in [4.69, 9.17) is 4.74 Å². The van der Waals surface area contributed by atoms with E-state index < -0.39 is 11.2 Å². The van der Waals surface area contributed by atoms with E-state index in [0.717, 1.165) is 11.1 Å². The quantitative estimate of drug-likeness (QED) is 0.747. The fourth-order valence-corrected chi connectivity index (χ4v) is 2.23. The van der Waals surface area contributed by atoms with Crippen LogP contribution in [0.15, 0.2) is 39.9 Å². The van der Waals surface area contributed by atoms with E-state index in [2.05, 4.69) is 15.0 Å². The zero-order valence-corrected chi connectivity index (χ0v) is 11.6. The molecule has 3 rings (SSSR count). The maximum absolute atomic E-state index is 11.9. The lowest BCUT2D eigenvalue weighted by atomic mass is 10.1. The lowest BCUT2D eigenvalue weighted by Gasteiger charge is -2.07. The Morgan fingerprint density at radius 3 is 2.71 bits per heavy atom. The van der Waals surface area contributed by atoms with Gasteiger partial charge in [0, 0.05) is 5.56 Å². The van der Waals surface area contributed by atoms with E-state index in [1.807, 2.05) is 37.3 Å². The average molecular weight is 283 g/mol. The first kappa shape index (κ1) is 13.1. The average Bonchev–Trinajstić information content (AvgIpc) is 2.48. The van der Waals surface area contributed by atoms with Crippen molar-refractivity contribution in [1.29, 1.82) is 0 Å². The number of aromatic amines is 2. The molecule has 0 saturated carbocycles. The summed E-state index contributed by atoms with van der Waals surface area (Å²) in [5, 5.41) is 0. The third kappa shape index (κ3) is 2.31. The van der Waals surface area contributed by atoms with Crippen LogP contribution in [0.1, 0.15) is 5.56 Å². The molecule has 0 fully saturated rings. The van der Waals surface area contributed by atoms with Crippen LogP contribution >= 0.6 is 0 Å². The second-order valence-electron chi connectivity index (χ2n) is 4.69. The van der Waals surface area contributed by atoms with E-state index in [1.165, 1.54) is 0 Å². The monoisotopic (exact) mass is 283 g/mol. The van der Waals surface area contributed by atoms with Crippen LogP contribution < -0.4 is 16.0 Å². The van der Waals surface area contributed by atoms with Gasteiger partial charge in [-0.25, -0.2) is 9.78 Å².